The molecule has 2 fully saturated rings. The highest BCUT2D eigenvalue weighted by Crippen LogP contribution is 2.36. The van der Waals surface area contributed by atoms with Crippen molar-refractivity contribution in [3.63, 3.8) is 0 Å². The molecule has 0 atom stereocenters. The van der Waals surface area contributed by atoms with Crippen molar-refractivity contribution < 1.29 is 13.7 Å². The zero-order valence-electron chi connectivity index (χ0n) is 17.3. The Hall–Kier alpha value is -3.22. The molecule has 3 aromatic rings. The topological polar surface area (TPSA) is 62.5 Å². The minimum Gasteiger partial charge on any atom is -0.368 e. The number of carbonyl (C=O) groups excluding carboxylic acids is 1. The van der Waals surface area contributed by atoms with Crippen molar-refractivity contribution in [2.24, 2.45) is 0 Å². The van der Waals surface area contributed by atoms with Crippen LogP contribution in [0, 0.1) is 5.82 Å². The fraction of sp³-hybridized carbons (Fsp3) is 0.375. The quantitative estimate of drug-likeness (QED) is 0.624. The lowest BCUT2D eigenvalue weighted by molar-refractivity contribution is -0.130. The average molecular weight is 420 g/mol. The molecule has 160 valence electrons. The number of carbonyl (C=O) groups is 1. The number of amides is 1. The number of nitrogens with zero attached hydrogens (tertiary/aromatic N) is 4. The standard InChI is InChI=1S/C24H25FN4O2/c25-20-6-1-3-17(15-20)16-22(30)29-13-11-28(12-14-29)21-9-7-18(8-10-21)23-26-24(31-27-23)19-4-2-5-19/h1,3,6-10,15,19H,2,4-5,11-14,16H2. The van der Waals surface area contributed by atoms with E-state index in [2.05, 4.69) is 27.2 Å². The Balaban J connectivity index is 1.17. The van der Waals surface area contributed by atoms with Gasteiger partial charge < -0.3 is 14.3 Å². The second kappa shape index (κ2) is 8.49. The third kappa shape index (κ3) is 4.31. The van der Waals surface area contributed by atoms with Crippen molar-refractivity contribution in [1.29, 1.82) is 0 Å². The van der Waals surface area contributed by atoms with Gasteiger partial charge in [0.2, 0.25) is 17.6 Å². The second-order valence-corrected chi connectivity index (χ2v) is 8.31. The molecule has 1 aliphatic carbocycles. The van der Waals surface area contributed by atoms with Crippen LogP contribution in [0.1, 0.15) is 36.6 Å². The summed E-state index contributed by atoms with van der Waals surface area (Å²) in [6.07, 6.45) is 3.75. The first-order valence-corrected chi connectivity index (χ1v) is 10.9. The van der Waals surface area contributed by atoms with Crippen molar-refractivity contribution in [3.05, 3.63) is 65.8 Å². The molecule has 5 rings (SSSR count). The van der Waals surface area contributed by atoms with Gasteiger partial charge in [0.05, 0.1) is 6.42 Å². The number of rotatable bonds is 5. The third-order valence-corrected chi connectivity index (χ3v) is 6.26. The Morgan fingerprint density at radius 3 is 2.52 bits per heavy atom. The van der Waals surface area contributed by atoms with Crippen LogP contribution in [0.25, 0.3) is 11.4 Å². The fourth-order valence-electron chi connectivity index (χ4n) is 4.14. The van der Waals surface area contributed by atoms with Crippen LogP contribution < -0.4 is 4.90 Å². The van der Waals surface area contributed by atoms with Crippen molar-refractivity contribution >= 4 is 11.6 Å². The monoisotopic (exact) mass is 420 g/mol. The third-order valence-electron chi connectivity index (χ3n) is 6.26. The molecule has 1 aliphatic heterocycles. The first-order chi connectivity index (χ1) is 15.2. The number of aromatic nitrogens is 2. The molecular formula is C24H25FN4O2. The Bertz CT molecular complexity index is 1050. The van der Waals surface area contributed by atoms with E-state index in [9.17, 15) is 9.18 Å². The largest absolute Gasteiger partial charge is 0.368 e. The van der Waals surface area contributed by atoms with Crippen LogP contribution in [-0.2, 0) is 11.2 Å². The normalized spacial score (nSPS) is 16.9. The average Bonchev–Trinajstić information content (AvgIpc) is 3.22. The number of benzene rings is 2. The van der Waals surface area contributed by atoms with E-state index < -0.39 is 0 Å². The van der Waals surface area contributed by atoms with E-state index in [4.69, 9.17) is 4.52 Å². The summed E-state index contributed by atoms with van der Waals surface area (Å²) in [5, 5.41) is 4.13. The lowest BCUT2D eigenvalue weighted by atomic mass is 9.85. The van der Waals surface area contributed by atoms with Gasteiger partial charge in [0, 0.05) is 43.3 Å². The Kier molecular flexibility index (Phi) is 5.40. The molecule has 1 aromatic heterocycles. The Morgan fingerprint density at radius 1 is 1.06 bits per heavy atom. The smallest absolute Gasteiger partial charge is 0.230 e. The summed E-state index contributed by atoms with van der Waals surface area (Å²) in [7, 11) is 0. The summed E-state index contributed by atoms with van der Waals surface area (Å²) in [5.41, 5.74) is 2.77. The van der Waals surface area contributed by atoms with E-state index in [0.717, 1.165) is 43.1 Å². The summed E-state index contributed by atoms with van der Waals surface area (Å²) < 4.78 is 18.8. The van der Waals surface area contributed by atoms with Gasteiger partial charge in [-0.05, 0) is 54.8 Å². The highest BCUT2D eigenvalue weighted by Gasteiger charge is 2.26. The summed E-state index contributed by atoms with van der Waals surface area (Å²) in [5.74, 6) is 1.56. The maximum atomic E-state index is 13.3. The van der Waals surface area contributed by atoms with Gasteiger partial charge in [-0.15, -0.1) is 0 Å². The van der Waals surface area contributed by atoms with Crippen LogP contribution in [0.2, 0.25) is 0 Å². The highest BCUT2D eigenvalue weighted by atomic mass is 19.1. The SMILES string of the molecule is O=C(Cc1cccc(F)c1)N1CCN(c2ccc(-c3noc(C4CCC4)n3)cc2)CC1. The summed E-state index contributed by atoms with van der Waals surface area (Å²) in [6, 6.07) is 14.4. The van der Waals surface area contributed by atoms with E-state index >= 15 is 0 Å². The lowest BCUT2D eigenvalue weighted by Gasteiger charge is -2.36. The minimum absolute atomic E-state index is 0.0416. The number of hydrogen-bond acceptors (Lipinski definition) is 5. The lowest BCUT2D eigenvalue weighted by Crippen LogP contribution is -2.49. The first kappa shape index (κ1) is 19.7. The number of hydrogen-bond donors (Lipinski definition) is 0. The Labute approximate surface area is 180 Å². The molecule has 1 saturated heterocycles. The highest BCUT2D eigenvalue weighted by molar-refractivity contribution is 5.79. The van der Waals surface area contributed by atoms with Crippen LogP contribution >= 0.6 is 0 Å². The maximum Gasteiger partial charge on any atom is 0.230 e. The van der Waals surface area contributed by atoms with Crippen LogP contribution in [0.4, 0.5) is 10.1 Å². The molecule has 1 amide bonds. The molecular weight excluding hydrogens is 395 g/mol. The first-order valence-electron chi connectivity index (χ1n) is 10.9. The van der Waals surface area contributed by atoms with Gasteiger partial charge in [0.25, 0.3) is 0 Å². The number of piperazine rings is 1. The van der Waals surface area contributed by atoms with Crippen LogP contribution in [0.15, 0.2) is 53.1 Å². The Morgan fingerprint density at radius 2 is 1.84 bits per heavy atom. The van der Waals surface area contributed by atoms with Crippen molar-refractivity contribution in [3.8, 4) is 11.4 Å². The molecule has 0 spiro atoms. The van der Waals surface area contributed by atoms with Crippen LogP contribution in [-0.4, -0.2) is 47.1 Å². The van der Waals surface area contributed by atoms with Crippen molar-refractivity contribution in [2.75, 3.05) is 31.1 Å². The van der Waals surface area contributed by atoms with E-state index in [-0.39, 0.29) is 18.1 Å². The minimum atomic E-state index is -0.307. The van der Waals surface area contributed by atoms with Crippen molar-refractivity contribution in [2.45, 2.75) is 31.6 Å². The molecule has 0 N–H and O–H groups in total. The number of anilines is 1. The molecule has 2 heterocycles. The van der Waals surface area contributed by atoms with Gasteiger partial charge in [0.15, 0.2) is 0 Å². The van der Waals surface area contributed by atoms with Crippen LogP contribution in [0.5, 0.6) is 0 Å². The van der Waals surface area contributed by atoms with Gasteiger partial charge >= 0.3 is 0 Å². The van der Waals surface area contributed by atoms with Crippen molar-refractivity contribution in [1.82, 2.24) is 15.0 Å². The summed E-state index contributed by atoms with van der Waals surface area (Å²) >= 11 is 0. The predicted molar refractivity (Wildman–Crippen MR) is 115 cm³/mol. The molecule has 0 unspecified atom stereocenters. The van der Waals surface area contributed by atoms with E-state index in [1.165, 1.54) is 18.6 Å². The molecule has 0 radical (unpaired) electrons. The number of halogens is 1. The summed E-state index contributed by atoms with van der Waals surface area (Å²) in [4.78, 5) is 21.2. The molecule has 6 nitrogen and oxygen atoms in total. The molecule has 1 saturated carbocycles. The zero-order valence-corrected chi connectivity index (χ0v) is 17.3. The van der Waals surface area contributed by atoms with Gasteiger partial charge in [-0.25, -0.2) is 4.39 Å². The van der Waals surface area contributed by atoms with Gasteiger partial charge in [0.1, 0.15) is 5.82 Å². The molecule has 31 heavy (non-hydrogen) atoms. The van der Waals surface area contributed by atoms with Gasteiger partial charge in [-0.1, -0.05) is 23.7 Å². The van der Waals surface area contributed by atoms with E-state index in [1.807, 2.05) is 17.0 Å². The second-order valence-electron chi connectivity index (χ2n) is 8.31. The van der Waals surface area contributed by atoms with Gasteiger partial charge in [-0.2, -0.15) is 4.98 Å². The molecule has 2 aliphatic rings. The molecule has 0 bridgehead atoms. The van der Waals surface area contributed by atoms with Crippen LogP contribution in [0.3, 0.4) is 0 Å². The maximum absolute atomic E-state index is 13.3. The van der Waals surface area contributed by atoms with E-state index in [0.29, 0.717) is 30.4 Å². The molecule has 2 aromatic carbocycles. The fourth-order valence-corrected chi connectivity index (χ4v) is 4.14. The zero-order chi connectivity index (χ0) is 21.2. The molecule has 7 heteroatoms. The van der Waals surface area contributed by atoms with E-state index in [1.54, 1.807) is 12.1 Å². The predicted octanol–water partition coefficient (Wildman–Crippen LogP) is 4.03. The van der Waals surface area contributed by atoms with Gasteiger partial charge in [-0.3, -0.25) is 4.79 Å². The summed E-state index contributed by atoms with van der Waals surface area (Å²) in [6.45, 7) is 2.85.